The second-order valence-electron chi connectivity index (χ2n) is 6.15. The molecule has 0 atom stereocenters. The van der Waals surface area contributed by atoms with Gasteiger partial charge in [-0.15, -0.1) is 0 Å². The number of benzene rings is 1. The quantitative estimate of drug-likeness (QED) is 0.521. The number of pyridine rings is 1. The van der Waals surface area contributed by atoms with Gasteiger partial charge in [-0.25, -0.2) is 4.98 Å². The lowest BCUT2D eigenvalue weighted by Crippen LogP contribution is -2.22. The highest BCUT2D eigenvalue weighted by Crippen LogP contribution is 2.17. The van der Waals surface area contributed by atoms with Gasteiger partial charge in [-0.1, -0.05) is 5.16 Å². The van der Waals surface area contributed by atoms with Gasteiger partial charge in [0, 0.05) is 41.5 Å². The monoisotopic (exact) mass is 389 g/mol. The summed E-state index contributed by atoms with van der Waals surface area (Å²) in [6, 6.07) is 14.8. The van der Waals surface area contributed by atoms with Crippen molar-refractivity contribution in [1.29, 1.82) is 0 Å². The molecule has 4 aromatic rings. The molecule has 0 unspecified atom stereocenters. The van der Waals surface area contributed by atoms with E-state index < -0.39 is 0 Å². The van der Waals surface area contributed by atoms with Crippen LogP contribution in [0.4, 0.5) is 0 Å². The van der Waals surface area contributed by atoms with Gasteiger partial charge in [-0.3, -0.25) is 4.79 Å². The molecule has 0 saturated heterocycles. The molecular formula is C21H19N5O3. The fourth-order valence-corrected chi connectivity index (χ4v) is 2.74. The summed E-state index contributed by atoms with van der Waals surface area (Å²) in [6.45, 7) is 2.58. The molecule has 4 rings (SSSR count). The summed E-state index contributed by atoms with van der Waals surface area (Å²) in [5.41, 5.74) is 2.24. The van der Waals surface area contributed by atoms with Crippen molar-refractivity contribution in [2.75, 3.05) is 6.61 Å². The molecule has 146 valence electrons. The van der Waals surface area contributed by atoms with Gasteiger partial charge in [0.2, 0.25) is 17.6 Å². The third-order valence-corrected chi connectivity index (χ3v) is 4.19. The van der Waals surface area contributed by atoms with Crippen LogP contribution in [0.1, 0.15) is 23.2 Å². The van der Waals surface area contributed by atoms with E-state index in [1.807, 2.05) is 48.1 Å². The van der Waals surface area contributed by atoms with Gasteiger partial charge in [0.05, 0.1) is 13.2 Å². The maximum Gasteiger partial charge on any atom is 0.251 e. The fraction of sp³-hybridized carbons (Fsp3) is 0.143. The predicted molar refractivity (Wildman–Crippen MR) is 106 cm³/mol. The first kappa shape index (κ1) is 18.4. The minimum atomic E-state index is -0.216. The van der Waals surface area contributed by atoms with Crippen molar-refractivity contribution in [3.05, 3.63) is 78.6 Å². The summed E-state index contributed by atoms with van der Waals surface area (Å²) in [5.74, 6) is 1.04. The van der Waals surface area contributed by atoms with Crippen LogP contribution in [0.15, 0.2) is 71.6 Å². The van der Waals surface area contributed by atoms with Crippen LogP contribution in [0.2, 0.25) is 0 Å². The standard InChI is InChI=1S/C21H19N5O3/c1-2-28-18-10-7-16(13-22-18)20-24-19(29-25-20)14-23-21(27)15-5-8-17(9-6-15)26-11-3-4-12-26/h3-13H,2,14H2,1H3,(H,23,27). The number of aromatic nitrogens is 4. The largest absolute Gasteiger partial charge is 0.478 e. The van der Waals surface area contributed by atoms with E-state index in [1.54, 1.807) is 30.5 Å². The number of rotatable bonds is 7. The average molecular weight is 389 g/mol. The minimum absolute atomic E-state index is 0.135. The summed E-state index contributed by atoms with van der Waals surface area (Å²) in [5, 5.41) is 6.71. The molecule has 1 amide bonds. The molecule has 0 saturated carbocycles. The zero-order valence-electron chi connectivity index (χ0n) is 15.8. The van der Waals surface area contributed by atoms with Crippen LogP contribution in [0.25, 0.3) is 17.1 Å². The number of nitrogens with one attached hydrogen (secondary N) is 1. The van der Waals surface area contributed by atoms with E-state index >= 15 is 0 Å². The van der Waals surface area contributed by atoms with Crippen LogP contribution < -0.4 is 10.1 Å². The maximum atomic E-state index is 12.4. The Balaban J connectivity index is 1.36. The molecule has 8 nitrogen and oxygen atoms in total. The second-order valence-corrected chi connectivity index (χ2v) is 6.15. The molecule has 3 aromatic heterocycles. The van der Waals surface area contributed by atoms with E-state index in [2.05, 4.69) is 20.4 Å². The van der Waals surface area contributed by atoms with Gasteiger partial charge in [0.15, 0.2) is 0 Å². The Bertz CT molecular complexity index is 1070. The first-order valence-corrected chi connectivity index (χ1v) is 9.16. The lowest BCUT2D eigenvalue weighted by atomic mass is 10.2. The fourth-order valence-electron chi connectivity index (χ4n) is 2.74. The van der Waals surface area contributed by atoms with Crippen molar-refractivity contribution in [3.8, 4) is 23.0 Å². The molecule has 0 spiro atoms. The van der Waals surface area contributed by atoms with Crippen LogP contribution >= 0.6 is 0 Å². The zero-order valence-corrected chi connectivity index (χ0v) is 15.8. The van der Waals surface area contributed by atoms with Gasteiger partial charge in [0.25, 0.3) is 5.91 Å². The van der Waals surface area contributed by atoms with Crippen molar-refractivity contribution < 1.29 is 14.1 Å². The van der Waals surface area contributed by atoms with Crippen molar-refractivity contribution in [2.24, 2.45) is 0 Å². The number of ether oxygens (including phenoxy) is 1. The van der Waals surface area contributed by atoms with Gasteiger partial charge in [0.1, 0.15) is 0 Å². The van der Waals surface area contributed by atoms with E-state index in [-0.39, 0.29) is 12.5 Å². The number of hydrogen-bond acceptors (Lipinski definition) is 6. The number of hydrogen-bond donors (Lipinski definition) is 1. The summed E-state index contributed by atoms with van der Waals surface area (Å²) < 4.78 is 12.5. The zero-order chi connectivity index (χ0) is 20.1. The predicted octanol–water partition coefficient (Wildman–Crippen LogP) is 3.25. The van der Waals surface area contributed by atoms with Gasteiger partial charge >= 0.3 is 0 Å². The summed E-state index contributed by atoms with van der Waals surface area (Å²) in [7, 11) is 0. The summed E-state index contributed by atoms with van der Waals surface area (Å²) in [6.07, 6.45) is 5.51. The van der Waals surface area contributed by atoms with Crippen molar-refractivity contribution in [1.82, 2.24) is 25.0 Å². The first-order valence-electron chi connectivity index (χ1n) is 9.16. The smallest absolute Gasteiger partial charge is 0.251 e. The molecule has 0 aliphatic heterocycles. The van der Waals surface area contributed by atoms with Crippen LogP contribution in [0, 0.1) is 0 Å². The Morgan fingerprint density at radius 2 is 1.93 bits per heavy atom. The van der Waals surface area contributed by atoms with Crippen LogP contribution in [-0.4, -0.2) is 32.2 Å². The highest BCUT2D eigenvalue weighted by atomic mass is 16.5. The normalized spacial score (nSPS) is 10.7. The van der Waals surface area contributed by atoms with Crippen molar-refractivity contribution >= 4 is 5.91 Å². The Hall–Kier alpha value is -3.94. The highest BCUT2D eigenvalue weighted by molar-refractivity contribution is 5.94. The molecule has 1 N–H and O–H groups in total. The molecule has 0 aliphatic carbocycles. The Morgan fingerprint density at radius 1 is 1.14 bits per heavy atom. The Kier molecular flexibility index (Phi) is 5.33. The minimum Gasteiger partial charge on any atom is -0.478 e. The first-order chi connectivity index (χ1) is 14.2. The average Bonchev–Trinajstić information content (AvgIpc) is 3.45. The lowest BCUT2D eigenvalue weighted by molar-refractivity contribution is 0.0946. The third kappa shape index (κ3) is 4.32. The third-order valence-electron chi connectivity index (χ3n) is 4.19. The summed E-state index contributed by atoms with van der Waals surface area (Å²) in [4.78, 5) is 20.8. The Morgan fingerprint density at radius 3 is 2.62 bits per heavy atom. The molecular weight excluding hydrogens is 370 g/mol. The van der Waals surface area contributed by atoms with E-state index in [9.17, 15) is 4.79 Å². The highest BCUT2D eigenvalue weighted by Gasteiger charge is 2.12. The van der Waals surface area contributed by atoms with Gasteiger partial charge in [-0.05, 0) is 49.4 Å². The van der Waals surface area contributed by atoms with Crippen LogP contribution in [-0.2, 0) is 6.54 Å². The van der Waals surface area contributed by atoms with E-state index in [4.69, 9.17) is 9.26 Å². The number of amides is 1. The number of nitrogens with zero attached hydrogens (tertiary/aromatic N) is 4. The molecule has 0 aliphatic rings. The number of carbonyl (C=O) groups excluding carboxylic acids is 1. The maximum absolute atomic E-state index is 12.4. The van der Waals surface area contributed by atoms with Crippen molar-refractivity contribution in [2.45, 2.75) is 13.5 Å². The molecule has 3 heterocycles. The number of carbonyl (C=O) groups is 1. The van der Waals surface area contributed by atoms with Crippen LogP contribution in [0.5, 0.6) is 5.88 Å². The molecule has 0 radical (unpaired) electrons. The molecule has 1 aromatic carbocycles. The molecule has 8 heteroatoms. The van der Waals surface area contributed by atoms with Crippen molar-refractivity contribution in [3.63, 3.8) is 0 Å². The van der Waals surface area contributed by atoms with E-state index in [0.717, 1.165) is 5.69 Å². The SMILES string of the molecule is CCOc1ccc(-c2noc(CNC(=O)c3ccc(-n4cccc4)cc3)n2)cn1. The molecule has 0 bridgehead atoms. The summed E-state index contributed by atoms with van der Waals surface area (Å²) >= 11 is 0. The lowest BCUT2D eigenvalue weighted by Gasteiger charge is -2.05. The van der Waals surface area contributed by atoms with Gasteiger partial charge in [-0.2, -0.15) is 4.98 Å². The molecule has 0 fully saturated rings. The Labute approximate surface area is 167 Å². The topological polar surface area (TPSA) is 95.1 Å². The van der Waals surface area contributed by atoms with E-state index in [1.165, 1.54) is 0 Å². The van der Waals surface area contributed by atoms with E-state index in [0.29, 0.717) is 35.3 Å². The second kappa shape index (κ2) is 8.39. The van der Waals surface area contributed by atoms with Gasteiger partial charge < -0.3 is 19.1 Å². The van der Waals surface area contributed by atoms with Crippen LogP contribution in [0.3, 0.4) is 0 Å². The molecule has 29 heavy (non-hydrogen) atoms.